The van der Waals surface area contributed by atoms with Gasteiger partial charge < -0.3 is 10.5 Å². The molecule has 6 heteroatoms. The maximum absolute atomic E-state index is 13.8. The van der Waals surface area contributed by atoms with Crippen molar-refractivity contribution in [2.75, 3.05) is 5.73 Å². The number of nitrogens with two attached hydrogens (primary N) is 1. The number of rotatable bonds is 1. The molecule has 0 bridgehead atoms. The van der Waals surface area contributed by atoms with Crippen molar-refractivity contribution in [3.63, 3.8) is 0 Å². The van der Waals surface area contributed by atoms with Crippen LogP contribution < -0.4 is 5.73 Å². The lowest BCUT2D eigenvalue weighted by Gasteiger charge is -2.19. The van der Waals surface area contributed by atoms with Crippen molar-refractivity contribution in [2.45, 2.75) is 33.3 Å². The van der Waals surface area contributed by atoms with Crippen molar-refractivity contribution in [2.24, 2.45) is 0 Å². The minimum Gasteiger partial charge on any atom is -0.442 e. The molecule has 112 valence electrons. The summed E-state index contributed by atoms with van der Waals surface area (Å²) >= 11 is 0. The Bertz CT molecular complexity index is 687. The molecule has 0 aliphatic heterocycles. The highest BCUT2D eigenvalue weighted by Crippen LogP contribution is 2.29. The molecule has 0 amide bonds. The predicted molar refractivity (Wildman–Crippen MR) is 78.4 cm³/mol. The number of hydrogen-bond acceptors (Lipinski definition) is 4. The van der Waals surface area contributed by atoms with Gasteiger partial charge in [-0.3, -0.25) is 0 Å². The van der Waals surface area contributed by atoms with Gasteiger partial charge in [-0.2, -0.15) is 9.78 Å². The first-order valence-electron chi connectivity index (χ1n) is 6.54. The number of carbonyl (C=O) groups is 1. The average Bonchev–Trinajstić information content (AvgIpc) is 2.65. The quantitative estimate of drug-likeness (QED) is 0.874. The summed E-state index contributed by atoms with van der Waals surface area (Å²) in [5.41, 5.74) is 6.46. The molecule has 2 rings (SSSR count). The van der Waals surface area contributed by atoms with Crippen LogP contribution >= 0.6 is 0 Å². The van der Waals surface area contributed by atoms with Crippen LogP contribution in [0.1, 0.15) is 26.5 Å². The van der Waals surface area contributed by atoms with Crippen LogP contribution in [0.25, 0.3) is 11.3 Å². The molecule has 0 aliphatic rings. The normalized spacial score (nSPS) is 11.5. The Kier molecular flexibility index (Phi) is 3.72. The molecule has 0 unspecified atom stereocenters. The maximum atomic E-state index is 13.8. The molecule has 1 heterocycles. The number of benzene rings is 1. The largest absolute Gasteiger partial charge is 0.442 e. The third-order valence-electron chi connectivity index (χ3n) is 2.86. The highest BCUT2D eigenvalue weighted by molar-refractivity contribution is 5.80. The van der Waals surface area contributed by atoms with E-state index in [2.05, 4.69) is 5.10 Å². The van der Waals surface area contributed by atoms with Gasteiger partial charge in [0.2, 0.25) is 0 Å². The van der Waals surface area contributed by atoms with Crippen molar-refractivity contribution < 1.29 is 13.9 Å². The van der Waals surface area contributed by atoms with Crippen LogP contribution in [0.2, 0.25) is 0 Å². The molecule has 0 saturated heterocycles. The van der Waals surface area contributed by atoms with Crippen LogP contribution in [0.4, 0.5) is 14.9 Å². The van der Waals surface area contributed by atoms with Gasteiger partial charge >= 0.3 is 6.09 Å². The maximum Gasteiger partial charge on any atom is 0.435 e. The van der Waals surface area contributed by atoms with Crippen molar-refractivity contribution in [1.29, 1.82) is 0 Å². The Balaban J connectivity index is 2.47. The van der Waals surface area contributed by atoms with Crippen molar-refractivity contribution in [1.82, 2.24) is 9.78 Å². The standard InChI is InChI=1S/C15H18FN3O2/c1-9-12(17)13(10-7-5-6-8-11(10)16)18-19(9)14(20)21-15(2,3)4/h5-8H,17H2,1-4H3. The molecule has 2 N–H and O–H groups in total. The number of nitrogens with zero attached hydrogens (tertiary/aromatic N) is 2. The SMILES string of the molecule is Cc1c(N)c(-c2ccccc2F)nn1C(=O)OC(C)(C)C. The molecular weight excluding hydrogens is 273 g/mol. The highest BCUT2D eigenvalue weighted by atomic mass is 19.1. The van der Waals surface area contributed by atoms with Crippen molar-refractivity contribution in [3.8, 4) is 11.3 Å². The number of nitrogen functional groups attached to an aromatic ring is 1. The zero-order valence-electron chi connectivity index (χ0n) is 12.5. The van der Waals surface area contributed by atoms with E-state index in [4.69, 9.17) is 10.5 Å². The second-order valence-electron chi connectivity index (χ2n) is 5.72. The topological polar surface area (TPSA) is 70.1 Å². The number of aromatic nitrogens is 2. The van der Waals surface area contributed by atoms with Gasteiger partial charge in [-0.15, -0.1) is 0 Å². The lowest BCUT2D eigenvalue weighted by molar-refractivity contribution is 0.0511. The molecule has 0 fully saturated rings. The monoisotopic (exact) mass is 291 g/mol. The number of carbonyl (C=O) groups excluding carboxylic acids is 1. The van der Waals surface area contributed by atoms with E-state index in [1.807, 2.05) is 0 Å². The molecule has 0 saturated carbocycles. The first-order chi connectivity index (χ1) is 9.70. The summed E-state index contributed by atoms with van der Waals surface area (Å²) in [6.07, 6.45) is -0.644. The Labute approximate surface area is 122 Å². The Morgan fingerprint density at radius 2 is 1.95 bits per heavy atom. The Hall–Kier alpha value is -2.37. The van der Waals surface area contributed by atoms with Gasteiger partial charge in [-0.25, -0.2) is 9.18 Å². The Morgan fingerprint density at radius 1 is 1.33 bits per heavy atom. The minimum absolute atomic E-state index is 0.233. The second kappa shape index (κ2) is 5.20. The van der Waals surface area contributed by atoms with E-state index in [0.717, 1.165) is 4.68 Å². The van der Waals surface area contributed by atoms with Gasteiger partial charge in [0.25, 0.3) is 0 Å². The van der Waals surface area contributed by atoms with Crippen LogP contribution in [0, 0.1) is 12.7 Å². The summed E-state index contributed by atoms with van der Waals surface area (Å²) in [5, 5.41) is 4.10. The van der Waals surface area contributed by atoms with Gasteiger partial charge in [-0.1, -0.05) is 12.1 Å². The van der Waals surface area contributed by atoms with E-state index in [-0.39, 0.29) is 16.9 Å². The van der Waals surface area contributed by atoms with Gasteiger partial charge in [0.1, 0.15) is 17.1 Å². The van der Waals surface area contributed by atoms with E-state index >= 15 is 0 Å². The fraction of sp³-hybridized carbons (Fsp3) is 0.333. The molecular formula is C15H18FN3O2. The predicted octanol–water partition coefficient (Wildman–Crippen LogP) is 3.36. The van der Waals surface area contributed by atoms with Crippen LogP contribution in [0.15, 0.2) is 24.3 Å². The zero-order chi connectivity index (χ0) is 15.8. The first kappa shape index (κ1) is 15.0. The summed E-state index contributed by atoms with van der Waals surface area (Å²) in [6.45, 7) is 6.90. The highest BCUT2D eigenvalue weighted by Gasteiger charge is 2.24. The van der Waals surface area contributed by atoms with E-state index in [1.54, 1.807) is 45.9 Å². The molecule has 0 atom stereocenters. The number of halogens is 1. The number of anilines is 1. The lowest BCUT2D eigenvalue weighted by atomic mass is 10.1. The fourth-order valence-corrected chi connectivity index (χ4v) is 1.85. The van der Waals surface area contributed by atoms with Crippen molar-refractivity contribution >= 4 is 11.8 Å². The summed E-state index contributed by atoms with van der Waals surface area (Å²) < 4.78 is 20.2. The van der Waals surface area contributed by atoms with Crippen LogP contribution in [-0.4, -0.2) is 21.5 Å². The van der Waals surface area contributed by atoms with E-state index in [1.165, 1.54) is 6.07 Å². The van der Waals surface area contributed by atoms with Crippen LogP contribution in [0.5, 0.6) is 0 Å². The minimum atomic E-state index is -0.650. The molecule has 1 aromatic heterocycles. The molecule has 21 heavy (non-hydrogen) atoms. The third kappa shape index (κ3) is 3.04. The summed E-state index contributed by atoms with van der Waals surface area (Å²) in [4.78, 5) is 12.1. The van der Waals surface area contributed by atoms with Gasteiger partial charge in [0, 0.05) is 5.56 Å². The number of ether oxygens (including phenoxy) is 1. The molecule has 0 radical (unpaired) electrons. The van der Waals surface area contributed by atoms with Crippen LogP contribution in [0.3, 0.4) is 0 Å². The Morgan fingerprint density at radius 3 is 2.52 bits per heavy atom. The summed E-state index contributed by atoms with van der Waals surface area (Å²) in [6, 6.07) is 6.13. The first-order valence-corrected chi connectivity index (χ1v) is 6.54. The fourth-order valence-electron chi connectivity index (χ4n) is 1.85. The van der Waals surface area contributed by atoms with Gasteiger partial charge in [0.15, 0.2) is 0 Å². The van der Waals surface area contributed by atoms with E-state index in [9.17, 15) is 9.18 Å². The molecule has 0 aliphatic carbocycles. The van der Waals surface area contributed by atoms with Crippen LogP contribution in [-0.2, 0) is 4.74 Å². The third-order valence-corrected chi connectivity index (χ3v) is 2.86. The van der Waals surface area contributed by atoms with Gasteiger partial charge in [0.05, 0.1) is 11.4 Å². The molecule has 1 aromatic carbocycles. The average molecular weight is 291 g/mol. The van der Waals surface area contributed by atoms with E-state index in [0.29, 0.717) is 5.69 Å². The summed E-state index contributed by atoms with van der Waals surface area (Å²) in [5.74, 6) is -0.446. The smallest absolute Gasteiger partial charge is 0.435 e. The number of hydrogen-bond donors (Lipinski definition) is 1. The lowest BCUT2D eigenvalue weighted by Crippen LogP contribution is -2.28. The second-order valence-corrected chi connectivity index (χ2v) is 5.72. The molecule has 0 spiro atoms. The zero-order valence-corrected chi connectivity index (χ0v) is 12.5. The molecule has 2 aromatic rings. The molecule has 5 nitrogen and oxygen atoms in total. The van der Waals surface area contributed by atoms with Gasteiger partial charge in [-0.05, 0) is 39.8 Å². The summed E-state index contributed by atoms with van der Waals surface area (Å²) in [7, 11) is 0. The van der Waals surface area contributed by atoms with Crippen molar-refractivity contribution in [3.05, 3.63) is 35.8 Å². The van der Waals surface area contributed by atoms with E-state index < -0.39 is 17.5 Å².